The Morgan fingerprint density at radius 1 is 1.29 bits per heavy atom. The number of aryl methyl sites for hydroxylation is 2. The summed E-state index contributed by atoms with van der Waals surface area (Å²) in [6.07, 6.45) is 2.25. The van der Waals surface area contributed by atoms with E-state index in [1.807, 2.05) is 13.0 Å². The summed E-state index contributed by atoms with van der Waals surface area (Å²) in [5, 5.41) is 9.45. The summed E-state index contributed by atoms with van der Waals surface area (Å²) in [4.78, 5) is 2.46. The highest BCUT2D eigenvalue weighted by molar-refractivity contribution is 5.34. The third-order valence-corrected chi connectivity index (χ3v) is 3.30. The van der Waals surface area contributed by atoms with Crippen molar-refractivity contribution in [2.24, 2.45) is 0 Å². The minimum Gasteiger partial charge on any atom is -0.508 e. The van der Waals surface area contributed by atoms with Gasteiger partial charge in [0.15, 0.2) is 0 Å². The topological polar surface area (TPSA) is 32.7 Å². The Kier molecular flexibility index (Phi) is 4.40. The molecule has 0 radical (unpaired) electrons. The van der Waals surface area contributed by atoms with E-state index in [9.17, 15) is 5.11 Å². The van der Waals surface area contributed by atoms with Crippen LogP contribution in [0.5, 0.6) is 5.75 Å². The van der Waals surface area contributed by atoms with Gasteiger partial charge in [0, 0.05) is 13.1 Å². The van der Waals surface area contributed by atoms with E-state index in [0.717, 1.165) is 44.8 Å². The molecule has 17 heavy (non-hydrogen) atoms. The van der Waals surface area contributed by atoms with Gasteiger partial charge < -0.3 is 9.84 Å². The monoisotopic (exact) mass is 235 g/mol. The Morgan fingerprint density at radius 3 is 2.76 bits per heavy atom. The van der Waals surface area contributed by atoms with Crippen LogP contribution in [0.15, 0.2) is 18.2 Å². The molecule has 0 amide bonds. The molecule has 2 rings (SSSR count). The van der Waals surface area contributed by atoms with Gasteiger partial charge in [-0.15, -0.1) is 0 Å². The molecule has 0 atom stereocenters. The third kappa shape index (κ3) is 3.72. The van der Waals surface area contributed by atoms with E-state index in [2.05, 4.69) is 11.0 Å². The van der Waals surface area contributed by atoms with Crippen LogP contribution in [0.3, 0.4) is 0 Å². The second-order valence-electron chi connectivity index (χ2n) is 4.68. The van der Waals surface area contributed by atoms with Crippen LogP contribution in [-0.4, -0.2) is 42.9 Å². The molecule has 1 heterocycles. The maximum atomic E-state index is 9.45. The van der Waals surface area contributed by atoms with E-state index in [1.54, 1.807) is 6.07 Å². The van der Waals surface area contributed by atoms with Gasteiger partial charge in [-0.2, -0.15) is 0 Å². The Balaban J connectivity index is 1.75. The minimum atomic E-state index is 0.391. The molecule has 1 aromatic carbocycles. The standard InChI is InChI=1S/C14H21NO2/c1-12-11-13(4-5-14(12)16)3-2-6-15-7-9-17-10-8-15/h4-5,11,16H,2-3,6-10H2,1H3. The van der Waals surface area contributed by atoms with Crippen molar-refractivity contribution < 1.29 is 9.84 Å². The Morgan fingerprint density at radius 2 is 2.06 bits per heavy atom. The zero-order valence-corrected chi connectivity index (χ0v) is 10.5. The van der Waals surface area contributed by atoms with Crippen LogP contribution in [-0.2, 0) is 11.2 Å². The fourth-order valence-electron chi connectivity index (χ4n) is 2.20. The summed E-state index contributed by atoms with van der Waals surface area (Å²) in [6, 6.07) is 5.88. The summed E-state index contributed by atoms with van der Waals surface area (Å²) in [5.74, 6) is 0.391. The van der Waals surface area contributed by atoms with E-state index in [4.69, 9.17) is 4.74 Å². The molecule has 1 N–H and O–H groups in total. The highest BCUT2D eigenvalue weighted by Crippen LogP contribution is 2.17. The van der Waals surface area contributed by atoms with Crippen molar-refractivity contribution in [2.75, 3.05) is 32.8 Å². The first-order valence-corrected chi connectivity index (χ1v) is 6.34. The van der Waals surface area contributed by atoms with Gasteiger partial charge in [0.05, 0.1) is 13.2 Å². The van der Waals surface area contributed by atoms with Gasteiger partial charge in [0.2, 0.25) is 0 Å². The second-order valence-corrected chi connectivity index (χ2v) is 4.68. The SMILES string of the molecule is Cc1cc(CCCN2CCOCC2)ccc1O. The van der Waals surface area contributed by atoms with Crippen molar-refractivity contribution in [3.63, 3.8) is 0 Å². The maximum Gasteiger partial charge on any atom is 0.118 e. The maximum absolute atomic E-state index is 9.45. The number of ether oxygens (including phenoxy) is 1. The van der Waals surface area contributed by atoms with Crippen molar-refractivity contribution >= 4 is 0 Å². The number of phenolic OH excluding ortho intramolecular Hbond substituents is 1. The zero-order valence-electron chi connectivity index (χ0n) is 10.5. The third-order valence-electron chi connectivity index (χ3n) is 3.30. The molecular weight excluding hydrogens is 214 g/mol. The smallest absolute Gasteiger partial charge is 0.118 e. The van der Waals surface area contributed by atoms with Crippen LogP contribution < -0.4 is 0 Å². The van der Waals surface area contributed by atoms with Gasteiger partial charge in [-0.05, 0) is 43.5 Å². The molecule has 94 valence electrons. The van der Waals surface area contributed by atoms with Gasteiger partial charge in [0.1, 0.15) is 5.75 Å². The summed E-state index contributed by atoms with van der Waals surface area (Å²) in [6.45, 7) is 6.96. The molecular formula is C14H21NO2. The van der Waals surface area contributed by atoms with Crippen molar-refractivity contribution in [3.05, 3.63) is 29.3 Å². The number of hydrogen-bond acceptors (Lipinski definition) is 3. The Hall–Kier alpha value is -1.06. The number of benzene rings is 1. The molecule has 1 aliphatic rings. The molecule has 0 aromatic heterocycles. The average Bonchev–Trinajstić information content (AvgIpc) is 2.35. The number of aromatic hydroxyl groups is 1. The number of morpholine rings is 1. The van der Waals surface area contributed by atoms with Gasteiger partial charge in [0.25, 0.3) is 0 Å². The van der Waals surface area contributed by atoms with Crippen molar-refractivity contribution in [1.82, 2.24) is 4.90 Å². The molecule has 3 heteroatoms. The summed E-state index contributed by atoms with van der Waals surface area (Å²) in [7, 11) is 0. The lowest BCUT2D eigenvalue weighted by Gasteiger charge is -2.26. The lowest BCUT2D eigenvalue weighted by molar-refractivity contribution is 0.0374. The molecule has 0 unspecified atom stereocenters. The number of hydrogen-bond donors (Lipinski definition) is 1. The summed E-state index contributed by atoms with van der Waals surface area (Å²) < 4.78 is 5.32. The summed E-state index contributed by atoms with van der Waals surface area (Å²) in [5.41, 5.74) is 2.28. The van der Waals surface area contributed by atoms with Crippen LogP contribution in [0.25, 0.3) is 0 Å². The quantitative estimate of drug-likeness (QED) is 0.866. The van der Waals surface area contributed by atoms with E-state index in [-0.39, 0.29) is 0 Å². The highest BCUT2D eigenvalue weighted by Gasteiger charge is 2.09. The molecule has 0 aliphatic carbocycles. The lowest BCUT2D eigenvalue weighted by Crippen LogP contribution is -2.36. The predicted octanol–water partition coefficient (Wildman–Crippen LogP) is 1.97. The number of rotatable bonds is 4. The first-order chi connectivity index (χ1) is 8.25. The molecule has 1 fully saturated rings. The van der Waals surface area contributed by atoms with Gasteiger partial charge >= 0.3 is 0 Å². The second kappa shape index (κ2) is 6.03. The predicted molar refractivity (Wildman–Crippen MR) is 68.4 cm³/mol. The van der Waals surface area contributed by atoms with Gasteiger partial charge in [-0.1, -0.05) is 12.1 Å². The van der Waals surface area contributed by atoms with Crippen LogP contribution in [0.1, 0.15) is 17.5 Å². The molecule has 0 bridgehead atoms. The molecule has 3 nitrogen and oxygen atoms in total. The first-order valence-electron chi connectivity index (χ1n) is 6.34. The zero-order chi connectivity index (χ0) is 12.1. The molecule has 1 saturated heterocycles. The van der Waals surface area contributed by atoms with Crippen molar-refractivity contribution in [3.8, 4) is 5.75 Å². The normalized spacial score (nSPS) is 17.2. The van der Waals surface area contributed by atoms with Crippen LogP contribution in [0.4, 0.5) is 0 Å². The van der Waals surface area contributed by atoms with Gasteiger partial charge in [-0.25, -0.2) is 0 Å². The van der Waals surface area contributed by atoms with Crippen molar-refractivity contribution in [2.45, 2.75) is 19.8 Å². The molecule has 0 saturated carbocycles. The average molecular weight is 235 g/mol. The van der Waals surface area contributed by atoms with Crippen LogP contribution >= 0.6 is 0 Å². The van der Waals surface area contributed by atoms with Crippen LogP contribution in [0, 0.1) is 6.92 Å². The first kappa shape index (κ1) is 12.4. The molecule has 0 spiro atoms. The fraction of sp³-hybridized carbons (Fsp3) is 0.571. The molecule has 1 aromatic rings. The summed E-state index contributed by atoms with van der Waals surface area (Å²) >= 11 is 0. The Bertz CT molecular complexity index is 359. The largest absolute Gasteiger partial charge is 0.508 e. The number of phenols is 1. The Labute approximate surface area is 103 Å². The van der Waals surface area contributed by atoms with Crippen LogP contribution in [0.2, 0.25) is 0 Å². The van der Waals surface area contributed by atoms with E-state index >= 15 is 0 Å². The fourth-order valence-corrected chi connectivity index (χ4v) is 2.20. The van der Waals surface area contributed by atoms with Crippen molar-refractivity contribution in [1.29, 1.82) is 0 Å². The van der Waals surface area contributed by atoms with E-state index < -0.39 is 0 Å². The highest BCUT2D eigenvalue weighted by atomic mass is 16.5. The number of nitrogens with zero attached hydrogens (tertiary/aromatic N) is 1. The lowest BCUT2D eigenvalue weighted by atomic mass is 10.1. The minimum absolute atomic E-state index is 0.391. The van der Waals surface area contributed by atoms with Gasteiger partial charge in [-0.3, -0.25) is 4.90 Å². The van der Waals surface area contributed by atoms with E-state index in [0.29, 0.717) is 5.75 Å². The van der Waals surface area contributed by atoms with E-state index in [1.165, 1.54) is 12.0 Å². The molecule has 1 aliphatic heterocycles.